The molecule has 0 atom stereocenters. The van der Waals surface area contributed by atoms with Gasteiger partial charge in [0.15, 0.2) is 0 Å². The predicted octanol–water partition coefficient (Wildman–Crippen LogP) is 5.09. The Morgan fingerprint density at radius 1 is 1.25 bits per heavy atom. The molecule has 0 unspecified atom stereocenters. The number of hydrogen-bond acceptors (Lipinski definition) is 3. The molecule has 0 aliphatic carbocycles. The number of nitrogens with zero attached hydrogens (tertiary/aromatic N) is 1. The number of allylic oxidation sites excluding steroid dienone is 1. The number of carbonyl (C=O) groups excluding carboxylic acids is 1. The van der Waals surface area contributed by atoms with Crippen LogP contribution in [0.3, 0.4) is 0 Å². The van der Waals surface area contributed by atoms with E-state index in [0.29, 0.717) is 27.8 Å². The minimum absolute atomic E-state index is 0.246. The number of carbonyl (C=O) groups is 1. The van der Waals surface area contributed by atoms with E-state index < -0.39 is 0 Å². The van der Waals surface area contributed by atoms with Crippen molar-refractivity contribution in [3.05, 3.63) is 83.7 Å². The summed E-state index contributed by atoms with van der Waals surface area (Å²) in [4.78, 5) is 16.2. The molecule has 0 radical (unpaired) electrons. The highest BCUT2D eigenvalue weighted by Gasteiger charge is 2.07. The quantitative estimate of drug-likeness (QED) is 0.452. The fourth-order valence-corrected chi connectivity index (χ4v) is 2.07. The van der Waals surface area contributed by atoms with Crippen molar-refractivity contribution in [2.24, 2.45) is 4.99 Å². The summed E-state index contributed by atoms with van der Waals surface area (Å²) in [5.41, 5.74) is 1.10. The second kappa shape index (κ2) is 8.70. The van der Waals surface area contributed by atoms with Crippen LogP contribution in [0.5, 0.6) is 5.75 Å². The zero-order chi connectivity index (χ0) is 17.4. The molecule has 2 aromatic carbocycles. The maximum atomic E-state index is 12.2. The normalized spacial score (nSPS) is 11.3. The van der Waals surface area contributed by atoms with Crippen LogP contribution in [0.2, 0.25) is 5.02 Å². The molecular formula is C19H17ClN2O2. The van der Waals surface area contributed by atoms with Crippen molar-refractivity contribution in [1.82, 2.24) is 0 Å². The summed E-state index contributed by atoms with van der Waals surface area (Å²) in [6.07, 6.45) is 4.77. The van der Waals surface area contributed by atoms with Gasteiger partial charge in [-0.15, -0.1) is 0 Å². The van der Waals surface area contributed by atoms with Crippen molar-refractivity contribution in [2.45, 2.75) is 6.92 Å². The summed E-state index contributed by atoms with van der Waals surface area (Å²) in [7, 11) is 0. The number of hydrogen-bond donors (Lipinski definition) is 1. The third-order valence-electron chi connectivity index (χ3n) is 2.97. The lowest BCUT2D eigenvalue weighted by molar-refractivity contribution is 0.102. The third kappa shape index (κ3) is 5.11. The molecule has 0 aliphatic heterocycles. The Balaban J connectivity index is 2.12. The number of amides is 1. The molecule has 0 saturated heterocycles. The molecule has 24 heavy (non-hydrogen) atoms. The minimum atomic E-state index is -0.246. The molecule has 0 aliphatic rings. The maximum absolute atomic E-state index is 12.2. The summed E-state index contributed by atoms with van der Waals surface area (Å²) in [5, 5.41) is 3.32. The first kappa shape index (κ1) is 17.5. The van der Waals surface area contributed by atoms with Gasteiger partial charge in [-0.05, 0) is 43.3 Å². The van der Waals surface area contributed by atoms with Crippen LogP contribution < -0.4 is 10.1 Å². The van der Waals surface area contributed by atoms with Crippen LogP contribution >= 0.6 is 11.6 Å². The number of rotatable bonds is 6. The van der Waals surface area contributed by atoms with Crippen LogP contribution in [0.15, 0.2) is 78.1 Å². The average molecular weight is 341 g/mol. The molecule has 5 heteroatoms. The summed E-state index contributed by atoms with van der Waals surface area (Å²) in [6.45, 7) is 5.49. The van der Waals surface area contributed by atoms with Gasteiger partial charge in [0, 0.05) is 28.6 Å². The molecule has 0 aromatic heterocycles. The standard InChI is InChI=1S/C19H17ClN2O2/c1-3-17(13-21-4-2)24-18-10-6-9-16(12-18)22-19(23)14-7-5-8-15(20)11-14/h3-13H,1H2,2H3,(H,22,23). The second-order valence-electron chi connectivity index (χ2n) is 4.74. The topological polar surface area (TPSA) is 50.7 Å². The molecule has 1 amide bonds. The average Bonchev–Trinajstić information content (AvgIpc) is 2.59. The molecule has 4 nitrogen and oxygen atoms in total. The lowest BCUT2D eigenvalue weighted by Crippen LogP contribution is -2.11. The lowest BCUT2D eigenvalue weighted by Gasteiger charge is -2.09. The first-order valence-corrected chi connectivity index (χ1v) is 7.65. The molecule has 2 rings (SSSR count). The van der Waals surface area contributed by atoms with E-state index in [4.69, 9.17) is 16.3 Å². The Kier molecular flexibility index (Phi) is 6.34. The van der Waals surface area contributed by atoms with Crippen LogP contribution in [-0.2, 0) is 0 Å². The van der Waals surface area contributed by atoms with E-state index in [-0.39, 0.29) is 5.91 Å². The molecule has 0 saturated carbocycles. The largest absolute Gasteiger partial charge is 0.456 e. The van der Waals surface area contributed by atoms with E-state index in [1.54, 1.807) is 67.0 Å². The monoisotopic (exact) mass is 340 g/mol. The first-order chi connectivity index (χ1) is 11.6. The number of halogens is 1. The van der Waals surface area contributed by atoms with Crippen molar-refractivity contribution in [3.8, 4) is 5.75 Å². The number of nitrogens with one attached hydrogen (secondary N) is 1. The molecular weight excluding hydrogens is 324 g/mol. The van der Waals surface area contributed by atoms with E-state index >= 15 is 0 Å². The van der Waals surface area contributed by atoms with Crippen molar-refractivity contribution in [1.29, 1.82) is 0 Å². The Bertz CT molecular complexity index is 797. The first-order valence-electron chi connectivity index (χ1n) is 7.27. The van der Waals surface area contributed by atoms with Gasteiger partial charge in [0.2, 0.25) is 0 Å². The molecule has 0 heterocycles. The summed E-state index contributed by atoms with van der Waals surface area (Å²) in [5.74, 6) is 0.826. The molecule has 2 aromatic rings. The molecule has 1 N–H and O–H groups in total. The van der Waals surface area contributed by atoms with E-state index in [9.17, 15) is 4.79 Å². The second-order valence-corrected chi connectivity index (χ2v) is 5.17. The number of ether oxygens (including phenoxy) is 1. The van der Waals surface area contributed by atoms with Crippen molar-refractivity contribution in [2.75, 3.05) is 5.32 Å². The smallest absolute Gasteiger partial charge is 0.255 e. The number of benzene rings is 2. The van der Waals surface area contributed by atoms with Gasteiger partial charge < -0.3 is 10.1 Å². The van der Waals surface area contributed by atoms with Gasteiger partial charge in [-0.3, -0.25) is 9.79 Å². The van der Waals surface area contributed by atoms with Gasteiger partial charge in [0.1, 0.15) is 11.5 Å². The van der Waals surface area contributed by atoms with E-state index in [2.05, 4.69) is 16.9 Å². The Morgan fingerprint density at radius 2 is 2.04 bits per heavy atom. The van der Waals surface area contributed by atoms with Crippen LogP contribution in [-0.4, -0.2) is 12.1 Å². The Morgan fingerprint density at radius 3 is 2.75 bits per heavy atom. The van der Waals surface area contributed by atoms with Crippen LogP contribution in [0.4, 0.5) is 5.69 Å². The van der Waals surface area contributed by atoms with Crippen LogP contribution in [0.25, 0.3) is 0 Å². The zero-order valence-corrected chi connectivity index (χ0v) is 14.0. The highest BCUT2D eigenvalue weighted by Crippen LogP contribution is 2.21. The van der Waals surface area contributed by atoms with Crippen molar-refractivity contribution in [3.63, 3.8) is 0 Å². The van der Waals surface area contributed by atoms with Crippen LogP contribution in [0, 0.1) is 0 Å². The van der Waals surface area contributed by atoms with Gasteiger partial charge in [0.05, 0.1) is 6.20 Å². The Hall–Kier alpha value is -2.85. The Labute approximate surface area is 146 Å². The maximum Gasteiger partial charge on any atom is 0.255 e. The van der Waals surface area contributed by atoms with Crippen LogP contribution in [0.1, 0.15) is 17.3 Å². The molecule has 122 valence electrons. The number of anilines is 1. The fourth-order valence-electron chi connectivity index (χ4n) is 1.88. The summed E-state index contributed by atoms with van der Waals surface area (Å²) in [6, 6.07) is 13.8. The van der Waals surface area contributed by atoms with Gasteiger partial charge >= 0.3 is 0 Å². The summed E-state index contributed by atoms with van der Waals surface area (Å²) >= 11 is 5.90. The molecule has 0 fully saturated rings. The van der Waals surface area contributed by atoms with E-state index in [1.165, 1.54) is 0 Å². The molecule has 0 spiro atoms. The van der Waals surface area contributed by atoms with Crippen molar-refractivity contribution < 1.29 is 9.53 Å². The van der Waals surface area contributed by atoms with Gasteiger partial charge in [-0.25, -0.2) is 0 Å². The highest BCUT2D eigenvalue weighted by molar-refractivity contribution is 6.31. The third-order valence-corrected chi connectivity index (χ3v) is 3.20. The molecule has 0 bridgehead atoms. The van der Waals surface area contributed by atoms with E-state index in [0.717, 1.165) is 0 Å². The van der Waals surface area contributed by atoms with Gasteiger partial charge in [0.25, 0.3) is 5.91 Å². The zero-order valence-electron chi connectivity index (χ0n) is 13.2. The number of aliphatic imine (C=N–C) groups is 1. The van der Waals surface area contributed by atoms with Crippen molar-refractivity contribution >= 4 is 29.4 Å². The summed E-state index contributed by atoms with van der Waals surface area (Å²) < 4.78 is 5.67. The van der Waals surface area contributed by atoms with E-state index in [1.807, 2.05) is 6.92 Å². The minimum Gasteiger partial charge on any atom is -0.456 e. The highest BCUT2D eigenvalue weighted by atomic mass is 35.5. The fraction of sp³-hybridized carbons (Fsp3) is 0.0526. The van der Waals surface area contributed by atoms with Gasteiger partial charge in [-0.2, -0.15) is 0 Å². The predicted molar refractivity (Wildman–Crippen MR) is 98.9 cm³/mol. The van der Waals surface area contributed by atoms with Gasteiger partial charge in [-0.1, -0.05) is 30.3 Å². The lowest BCUT2D eigenvalue weighted by atomic mass is 10.2. The SMILES string of the molecule is C=CC(=CN=CC)Oc1cccc(NC(=O)c2cccc(Cl)c2)c1.